The first-order valence-corrected chi connectivity index (χ1v) is 6.45. The van der Waals surface area contributed by atoms with Gasteiger partial charge in [-0.05, 0) is 23.8 Å². The van der Waals surface area contributed by atoms with Gasteiger partial charge in [0.15, 0.2) is 0 Å². The lowest BCUT2D eigenvalue weighted by atomic mass is 10.1. The average Bonchev–Trinajstić information content (AvgIpc) is 2.47. The van der Waals surface area contributed by atoms with E-state index in [2.05, 4.69) is 4.98 Å². The Labute approximate surface area is 116 Å². The maximum Gasteiger partial charge on any atom is 0.261 e. The van der Waals surface area contributed by atoms with Crippen molar-refractivity contribution in [3.8, 4) is 0 Å². The molecule has 1 heterocycles. The van der Waals surface area contributed by atoms with Gasteiger partial charge >= 0.3 is 0 Å². The smallest absolute Gasteiger partial charge is 0.261 e. The Hall–Kier alpha value is -2.62. The van der Waals surface area contributed by atoms with Crippen LogP contribution in [-0.4, -0.2) is 9.55 Å². The van der Waals surface area contributed by atoms with E-state index in [0.29, 0.717) is 17.6 Å². The molecule has 0 atom stereocenters. The van der Waals surface area contributed by atoms with Gasteiger partial charge in [-0.1, -0.05) is 30.3 Å². The molecule has 0 saturated carbocycles. The van der Waals surface area contributed by atoms with Crippen LogP contribution in [0.5, 0.6) is 0 Å². The summed E-state index contributed by atoms with van der Waals surface area (Å²) in [7, 11) is 1.75. The largest absolute Gasteiger partial charge is 0.398 e. The van der Waals surface area contributed by atoms with Gasteiger partial charge in [-0.15, -0.1) is 0 Å². The number of hydrogen-bond donors (Lipinski definition) is 1. The van der Waals surface area contributed by atoms with E-state index in [1.165, 1.54) is 0 Å². The van der Waals surface area contributed by atoms with Crippen molar-refractivity contribution in [2.24, 2.45) is 7.05 Å². The van der Waals surface area contributed by atoms with E-state index in [-0.39, 0.29) is 5.56 Å². The summed E-state index contributed by atoms with van der Waals surface area (Å²) < 4.78 is 1.59. The fraction of sp³-hybridized carbons (Fsp3) is 0.125. The molecule has 0 amide bonds. The van der Waals surface area contributed by atoms with Crippen LogP contribution in [-0.2, 0) is 13.5 Å². The van der Waals surface area contributed by atoms with Crippen LogP contribution in [0.4, 0.5) is 5.69 Å². The Bertz CT molecular complexity index is 836. The zero-order valence-corrected chi connectivity index (χ0v) is 11.2. The molecule has 0 unspecified atom stereocenters. The van der Waals surface area contributed by atoms with Crippen molar-refractivity contribution in [1.29, 1.82) is 0 Å². The topological polar surface area (TPSA) is 60.9 Å². The molecule has 0 saturated heterocycles. The van der Waals surface area contributed by atoms with Crippen molar-refractivity contribution in [3.63, 3.8) is 0 Å². The second-order valence-corrected chi connectivity index (χ2v) is 4.78. The molecule has 0 radical (unpaired) electrons. The van der Waals surface area contributed by atoms with E-state index in [1.54, 1.807) is 17.7 Å². The van der Waals surface area contributed by atoms with Crippen molar-refractivity contribution in [2.45, 2.75) is 6.42 Å². The number of aromatic nitrogens is 2. The number of para-hydroxylation sites is 2. The molecular weight excluding hydrogens is 250 g/mol. The van der Waals surface area contributed by atoms with Crippen molar-refractivity contribution >= 4 is 16.6 Å². The normalized spacial score (nSPS) is 10.8. The molecule has 3 rings (SSSR count). The molecule has 4 heteroatoms. The summed E-state index contributed by atoms with van der Waals surface area (Å²) in [5.41, 5.74) is 8.34. The van der Waals surface area contributed by atoms with Gasteiger partial charge in [0.2, 0.25) is 0 Å². The van der Waals surface area contributed by atoms with E-state index in [9.17, 15) is 4.79 Å². The maximum absolute atomic E-state index is 12.3. The van der Waals surface area contributed by atoms with Crippen LogP contribution < -0.4 is 11.3 Å². The summed E-state index contributed by atoms with van der Waals surface area (Å²) in [6, 6.07) is 15.0. The summed E-state index contributed by atoms with van der Waals surface area (Å²) >= 11 is 0. The van der Waals surface area contributed by atoms with E-state index in [1.807, 2.05) is 42.5 Å². The molecular formula is C16H15N3O. The first-order chi connectivity index (χ1) is 9.66. The summed E-state index contributed by atoms with van der Waals surface area (Å²) in [4.78, 5) is 16.9. The number of nitrogen functional groups attached to an aromatic ring is 1. The van der Waals surface area contributed by atoms with Crippen LogP contribution in [0.15, 0.2) is 53.3 Å². The van der Waals surface area contributed by atoms with E-state index in [0.717, 1.165) is 16.8 Å². The predicted molar refractivity (Wildman–Crippen MR) is 80.6 cm³/mol. The predicted octanol–water partition coefficient (Wildman–Crippen LogP) is 2.11. The molecule has 2 aromatic carbocycles. The molecule has 0 aliphatic heterocycles. The van der Waals surface area contributed by atoms with E-state index < -0.39 is 0 Å². The second-order valence-electron chi connectivity index (χ2n) is 4.78. The Kier molecular flexibility index (Phi) is 2.99. The highest BCUT2D eigenvalue weighted by molar-refractivity contribution is 5.77. The second kappa shape index (κ2) is 4.81. The summed E-state index contributed by atoms with van der Waals surface area (Å²) in [5, 5.41) is 0.639. The molecule has 0 spiro atoms. The lowest BCUT2D eigenvalue weighted by Gasteiger charge is -2.10. The number of rotatable bonds is 2. The third-order valence-corrected chi connectivity index (χ3v) is 3.48. The number of nitrogens with two attached hydrogens (primary N) is 1. The molecule has 1 aromatic heterocycles. The maximum atomic E-state index is 12.3. The molecule has 20 heavy (non-hydrogen) atoms. The number of benzene rings is 2. The fourth-order valence-corrected chi connectivity index (χ4v) is 2.29. The summed E-state index contributed by atoms with van der Waals surface area (Å²) in [6.45, 7) is 0. The van der Waals surface area contributed by atoms with Crippen LogP contribution in [0, 0.1) is 0 Å². The lowest BCUT2D eigenvalue weighted by Crippen LogP contribution is -2.22. The molecule has 0 fully saturated rings. The standard InChI is InChI=1S/C16H15N3O/c1-19-15(10-11-6-2-4-8-13(11)17)18-14-9-5-3-7-12(14)16(19)20/h2-9H,10,17H2,1H3. The number of fused-ring (bicyclic) bond motifs is 1. The molecule has 100 valence electrons. The first-order valence-electron chi connectivity index (χ1n) is 6.45. The van der Waals surface area contributed by atoms with Gasteiger partial charge < -0.3 is 5.73 Å². The zero-order chi connectivity index (χ0) is 14.1. The monoisotopic (exact) mass is 265 g/mol. The van der Waals surface area contributed by atoms with Crippen LogP contribution in [0.2, 0.25) is 0 Å². The van der Waals surface area contributed by atoms with E-state index >= 15 is 0 Å². The van der Waals surface area contributed by atoms with E-state index in [4.69, 9.17) is 5.73 Å². The van der Waals surface area contributed by atoms with Crippen molar-refractivity contribution < 1.29 is 0 Å². The SMILES string of the molecule is Cn1c(Cc2ccccc2N)nc2ccccc2c1=O. The first kappa shape index (κ1) is 12.4. The average molecular weight is 265 g/mol. The van der Waals surface area contributed by atoms with Gasteiger partial charge in [-0.3, -0.25) is 9.36 Å². The van der Waals surface area contributed by atoms with Crippen LogP contribution in [0.1, 0.15) is 11.4 Å². The van der Waals surface area contributed by atoms with Crippen LogP contribution in [0.25, 0.3) is 10.9 Å². The van der Waals surface area contributed by atoms with Gasteiger partial charge in [-0.25, -0.2) is 4.98 Å². The minimum Gasteiger partial charge on any atom is -0.398 e. The van der Waals surface area contributed by atoms with Crippen LogP contribution in [0.3, 0.4) is 0 Å². The number of hydrogen-bond acceptors (Lipinski definition) is 3. The number of anilines is 1. The third-order valence-electron chi connectivity index (χ3n) is 3.48. The van der Waals surface area contributed by atoms with Gasteiger partial charge in [0.1, 0.15) is 5.82 Å². The minimum absolute atomic E-state index is 0.0277. The fourth-order valence-electron chi connectivity index (χ4n) is 2.29. The molecule has 0 aliphatic carbocycles. The highest BCUT2D eigenvalue weighted by atomic mass is 16.1. The highest BCUT2D eigenvalue weighted by Gasteiger charge is 2.09. The van der Waals surface area contributed by atoms with Gasteiger partial charge in [0, 0.05) is 19.2 Å². The quantitative estimate of drug-likeness (QED) is 0.722. The van der Waals surface area contributed by atoms with Crippen molar-refractivity contribution in [3.05, 3.63) is 70.3 Å². The molecule has 4 nitrogen and oxygen atoms in total. The highest BCUT2D eigenvalue weighted by Crippen LogP contribution is 2.15. The van der Waals surface area contributed by atoms with Crippen molar-refractivity contribution in [2.75, 3.05) is 5.73 Å². The minimum atomic E-state index is -0.0277. The van der Waals surface area contributed by atoms with Gasteiger partial charge in [-0.2, -0.15) is 0 Å². The Morgan fingerprint density at radius 1 is 1.10 bits per heavy atom. The molecule has 2 N–H and O–H groups in total. The Morgan fingerprint density at radius 2 is 1.80 bits per heavy atom. The van der Waals surface area contributed by atoms with Gasteiger partial charge in [0.05, 0.1) is 10.9 Å². The summed E-state index contributed by atoms with van der Waals surface area (Å²) in [6.07, 6.45) is 0.545. The summed E-state index contributed by atoms with van der Waals surface area (Å²) in [5.74, 6) is 0.714. The Balaban J connectivity index is 2.15. The Morgan fingerprint density at radius 3 is 2.60 bits per heavy atom. The molecule has 3 aromatic rings. The third kappa shape index (κ3) is 2.05. The lowest BCUT2D eigenvalue weighted by molar-refractivity contribution is 0.764. The number of nitrogens with zero attached hydrogens (tertiary/aromatic N) is 2. The van der Waals surface area contributed by atoms with Gasteiger partial charge in [0.25, 0.3) is 5.56 Å². The molecule has 0 bridgehead atoms. The van der Waals surface area contributed by atoms with Crippen molar-refractivity contribution in [1.82, 2.24) is 9.55 Å². The zero-order valence-electron chi connectivity index (χ0n) is 11.2. The molecule has 0 aliphatic rings. The van der Waals surface area contributed by atoms with Crippen LogP contribution >= 0.6 is 0 Å².